The smallest absolute Gasteiger partial charge is 0.240 e. The van der Waals surface area contributed by atoms with E-state index in [9.17, 15) is 4.79 Å². The zero-order valence-electron chi connectivity index (χ0n) is 14.1. The molecule has 0 saturated heterocycles. The summed E-state index contributed by atoms with van der Waals surface area (Å²) in [5.74, 6) is 1.50. The molecule has 5 heteroatoms. The van der Waals surface area contributed by atoms with E-state index in [0.29, 0.717) is 11.5 Å². The highest BCUT2D eigenvalue weighted by atomic mass is 32.2. The van der Waals surface area contributed by atoms with E-state index in [1.54, 1.807) is 14.2 Å². The van der Waals surface area contributed by atoms with Gasteiger partial charge in [-0.25, -0.2) is 0 Å². The maximum absolute atomic E-state index is 12.8. The summed E-state index contributed by atoms with van der Waals surface area (Å²) in [5, 5.41) is -0.172. The number of rotatable bonds is 5. The molecule has 4 nitrogen and oxygen atoms in total. The highest BCUT2D eigenvalue weighted by Gasteiger charge is 2.28. The number of thioether (sulfide) groups is 1. The molecule has 1 amide bonds. The van der Waals surface area contributed by atoms with Crippen molar-refractivity contribution in [2.24, 2.45) is 0 Å². The summed E-state index contributed by atoms with van der Waals surface area (Å²) in [7, 11) is 3.23. The Morgan fingerprint density at radius 1 is 1.12 bits per heavy atom. The quantitative estimate of drug-likeness (QED) is 0.775. The number of carbonyl (C=O) groups excluding carboxylic acids is 1. The highest BCUT2D eigenvalue weighted by Crippen LogP contribution is 2.35. The number of hydrogen-bond acceptors (Lipinski definition) is 4. The van der Waals surface area contributed by atoms with Crippen molar-refractivity contribution in [3.63, 3.8) is 0 Å². The molecule has 0 aliphatic carbocycles. The van der Waals surface area contributed by atoms with Crippen LogP contribution in [0.3, 0.4) is 0 Å². The van der Waals surface area contributed by atoms with Gasteiger partial charge in [-0.1, -0.05) is 18.2 Å². The van der Waals surface area contributed by atoms with Gasteiger partial charge in [0.05, 0.1) is 19.5 Å². The van der Waals surface area contributed by atoms with Crippen molar-refractivity contribution in [3.05, 3.63) is 48.0 Å². The summed E-state index contributed by atoms with van der Waals surface area (Å²) in [6, 6.07) is 13.8. The first-order valence-corrected chi connectivity index (χ1v) is 8.80. The minimum atomic E-state index is -0.172. The van der Waals surface area contributed by atoms with Crippen LogP contribution in [-0.2, 0) is 11.2 Å². The SMILES string of the molecule is COc1ccc(S[C@H](C)C(=O)N2CCc3ccccc32)cc1OC. The van der Waals surface area contributed by atoms with E-state index in [1.807, 2.05) is 48.2 Å². The van der Waals surface area contributed by atoms with E-state index in [0.717, 1.165) is 23.5 Å². The number of para-hydroxylation sites is 1. The number of amides is 1. The number of ether oxygens (including phenoxy) is 2. The molecular formula is C19H21NO3S. The molecule has 1 atom stereocenters. The van der Waals surface area contributed by atoms with E-state index in [4.69, 9.17) is 9.47 Å². The van der Waals surface area contributed by atoms with Gasteiger partial charge in [-0.3, -0.25) is 4.79 Å². The fourth-order valence-corrected chi connectivity index (χ4v) is 3.89. The molecule has 1 heterocycles. The average molecular weight is 343 g/mol. The Morgan fingerprint density at radius 2 is 1.88 bits per heavy atom. The van der Waals surface area contributed by atoms with Crippen molar-refractivity contribution in [2.45, 2.75) is 23.5 Å². The first-order chi connectivity index (χ1) is 11.6. The van der Waals surface area contributed by atoms with Gasteiger partial charge in [0.1, 0.15) is 0 Å². The summed E-state index contributed by atoms with van der Waals surface area (Å²) < 4.78 is 10.6. The number of carbonyl (C=O) groups is 1. The maximum atomic E-state index is 12.8. The Labute approximate surface area is 146 Å². The molecule has 0 radical (unpaired) electrons. The van der Waals surface area contributed by atoms with Crippen molar-refractivity contribution < 1.29 is 14.3 Å². The maximum Gasteiger partial charge on any atom is 0.240 e. The number of methoxy groups -OCH3 is 2. The molecular weight excluding hydrogens is 322 g/mol. The first-order valence-electron chi connectivity index (χ1n) is 7.92. The molecule has 0 aromatic heterocycles. The minimum absolute atomic E-state index is 0.139. The van der Waals surface area contributed by atoms with Gasteiger partial charge in [0.25, 0.3) is 0 Å². The van der Waals surface area contributed by atoms with Gasteiger partial charge >= 0.3 is 0 Å². The number of anilines is 1. The molecule has 2 aromatic rings. The third-order valence-electron chi connectivity index (χ3n) is 4.17. The third kappa shape index (κ3) is 3.22. The molecule has 24 heavy (non-hydrogen) atoms. The summed E-state index contributed by atoms with van der Waals surface area (Å²) in [4.78, 5) is 15.7. The largest absolute Gasteiger partial charge is 0.493 e. The molecule has 0 bridgehead atoms. The predicted molar refractivity (Wildman–Crippen MR) is 97.4 cm³/mol. The second kappa shape index (κ2) is 7.18. The lowest BCUT2D eigenvalue weighted by molar-refractivity contribution is -0.117. The van der Waals surface area contributed by atoms with Crippen LogP contribution in [0.25, 0.3) is 0 Å². The van der Waals surface area contributed by atoms with E-state index >= 15 is 0 Å². The second-order valence-electron chi connectivity index (χ2n) is 5.65. The van der Waals surface area contributed by atoms with Gasteiger partial charge in [-0.2, -0.15) is 0 Å². The van der Waals surface area contributed by atoms with Crippen LogP contribution < -0.4 is 14.4 Å². The fraction of sp³-hybridized carbons (Fsp3) is 0.316. The lowest BCUT2D eigenvalue weighted by Crippen LogP contribution is -2.35. The Bertz CT molecular complexity index is 747. The molecule has 0 fully saturated rings. The van der Waals surface area contributed by atoms with E-state index in [-0.39, 0.29) is 11.2 Å². The van der Waals surface area contributed by atoms with Gasteiger partial charge in [0.15, 0.2) is 11.5 Å². The zero-order chi connectivity index (χ0) is 17.1. The van der Waals surface area contributed by atoms with Crippen LogP contribution in [0.4, 0.5) is 5.69 Å². The van der Waals surface area contributed by atoms with Gasteiger partial charge in [0, 0.05) is 17.1 Å². The molecule has 1 aliphatic rings. The average Bonchev–Trinajstić information content (AvgIpc) is 3.04. The van der Waals surface area contributed by atoms with Crippen LogP contribution in [0.15, 0.2) is 47.4 Å². The van der Waals surface area contributed by atoms with Crippen LogP contribution in [-0.4, -0.2) is 31.9 Å². The summed E-state index contributed by atoms with van der Waals surface area (Å²) in [5.41, 5.74) is 2.29. The highest BCUT2D eigenvalue weighted by molar-refractivity contribution is 8.00. The van der Waals surface area contributed by atoms with Crippen molar-refractivity contribution >= 4 is 23.4 Å². The Balaban J connectivity index is 1.73. The van der Waals surface area contributed by atoms with E-state index in [2.05, 4.69) is 6.07 Å². The lowest BCUT2D eigenvalue weighted by Gasteiger charge is -2.21. The fourth-order valence-electron chi connectivity index (χ4n) is 2.93. The topological polar surface area (TPSA) is 38.8 Å². The van der Waals surface area contributed by atoms with Crippen LogP contribution in [0.1, 0.15) is 12.5 Å². The van der Waals surface area contributed by atoms with Crippen molar-refractivity contribution in [3.8, 4) is 11.5 Å². The van der Waals surface area contributed by atoms with Crippen molar-refractivity contribution in [2.75, 3.05) is 25.7 Å². The van der Waals surface area contributed by atoms with Crippen LogP contribution in [0.2, 0.25) is 0 Å². The molecule has 1 aliphatic heterocycles. The van der Waals surface area contributed by atoms with Crippen molar-refractivity contribution in [1.29, 1.82) is 0 Å². The van der Waals surface area contributed by atoms with Gasteiger partial charge < -0.3 is 14.4 Å². The summed E-state index contributed by atoms with van der Waals surface area (Å²) >= 11 is 1.54. The third-order valence-corrected chi connectivity index (χ3v) is 5.25. The van der Waals surface area contributed by atoms with Crippen LogP contribution in [0.5, 0.6) is 11.5 Å². The normalized spacial score (nSPS) is 14.2. The number of benzene rings is 2. The molecule has 0 saturated carbocycles. The zero-order valence-corrected chi connectivity index (χ0v) is 14.9. The predicted octanol–water partition coefficient (Wildman–Crippen LogP) is 3.77. The first kappa shape index (κ1) is 16.7. The van der Waals surface area contributed by atoms with Crippen LogP contribution in [0, 0.1) is 0 Å². The van der Waals surface area contributed by atoms with Gasteiger partial charge in [-0.15, -0.1) is 11.8 Å². The molecule has 2 aromatic carbocycles. The molecule has 126 valence electrons. The monoisotopic (exact) mass is 343 g/mol. The Kier molecular flexibility index (Phi) is 5.00. The summed E-state index contributed by atoms with van der Waals surface area (Å²) in [6.07, 6.45) is 0.926. The van der Waals surface area contributed by atoms with Crippen LogP contribution >= 0.6 is 11.8 Å². The van der Waals surface area contributed by atoms with Crippen molar-refractivity contribution in [1.82, 2.24) is 0 Å². The number of fused-ring (bicyclic) bond motifs is 1. The number of nitrogens with zero attached hydrogens (tertiary/aromatic N) is 1. The van der Waals surface area contributed by atoms with E-state index in [1.165, 1.54) is 17.3 Å². The second-order valence-corrected chi connectivity index (χ2v) is 7.06. The Hall–Kier alpha value is -2.14. The van der Waals surface area contributed by atoms with Gasteiger partial charge in [-0.05, 0) is 43.2 Å². The lowest BCUT2D eigenvalue weighted by atomic mass is 10.2. The number of hydrogen-bond donors (Lipinski definition) is 0. The summed E-state index contributed by atoms with van der Waals surface area (Å²) in [6.45, 7) is 2.71. The van der Waals surface area contributed by atoms with Gasteiger partial charge in [0.2, 0.25) is 5.91 Å². The molecule has 3 rings (SSSR count). The molecule has 0 spiro atoms. The standard InChI is InChI=1S/C19H21NO3S/c1-13(24-15-8-9-17(22-2)18(12-15)23-3)19(21)20-11-10-14-6-4-5-7-16(14)20/h4-9,12-13H,10-11H2,1-3H3/t13-/m1/s1. The van der Waals surface area contributed by atoms with E-state index < -0.39 is 0 Å². The molecule has 0 unspecified atom stereocenters. The Morgan fingerprint density at radius 3 is 2.62 bits per heavy atom. The molecule has 0 N–H and O–H groups in total. The minimum Gasteiger partial charge on any atom is -0.493 e.